The molecule has 1 saturated carbocycles. The van der Waals surface area contributed by atoms with E-state index in [-0.39, 0.29) is 5.91 Å². The molecule has 1 amide bonds. The molecule has 1 fully saturated rings. The summed E-state index contributed by atoms with van der Waals surface area (Å²) in [6.07, 6.45) is 3.85. The Labute approximate surface area is 91.8 Å². The SMILES string of the molecule is COCC(C)NCCCC(=O)NC1CC1. The third-order valence-electron chi connectivity index (χ3n) is 2.43. The van der Waals surface area contributed by atoms with Gasteiger partial charge in [-0.2, -0.15) is 0 Å². The molecule has 4 nitrogen and oxygen atoms in total. The Balaban J connectivity index is 1.88. The van der Waals surface area contributed by atoms with Crippen molar-refractivity contribution in [2.75, 3.05) is 20.3 Å². The van der Waals surface area contributed by atoms with Crippen molar-refractivity contribution in [2.24, 2.45) is 0 Å². The van der Waals surface area contributed by atoms with Gasteiger partial charge in [0.05, 0.1) is 6.61 Å². The minimum absolute atomic E-state index is 0.193. The van der Waals surface area contributed by atoms with E-state index in [1.54, 1.807) is 7.11 Å². The second-order valence-electron chi connectivity index (χ2n) is 4.26. The standard InChI is InChI=1S/C11H22N2O2/c1-9(8-15-2)12-7-3-4-11(14)13-10-5-6-10/h9-10,12H,3-8H2,1-2H3,(H,13,14). The molecule has 1 aliphatic carbocycles. The molecule has 0 saturated heterocycles. The fourth-order valence-corrected chi connectivity index (χ4v) is 1.43. The normalized spacial score (nSPS) is 17.5. The molecule has 0 heterocycles. The molecular formula is C11H22N2O2. The number of amides is 1. The summed E-state index contributed by atoms with van der Waals surface area (Å²) in [7, 11) is 1.70. The molecule has 0 aromatic heterocycles. The van der Waals surface area contributed by atoms with Crippen LogP contribution in [0.4, 0.5) is 0 Å². The first-order chi connectivity index (χ1) is 7.22. The minimum atomic E-state index is 0.193. The number of hydrogen-bond donors (Lipinski definition) is 2. The molecule has 0 aliphatic heterocycles. The van der Waals surface area contributed by atoms with Gasteiger partial charge in [0.2, 0.25) is 5.91 Å². The van der Waals surface area contributed by atoms with Crippen molar-refractivity contribution in [2.45, 2.75) is 44.7 Å². The maximum atomic E-state index is 11.3. The summed E-state index contributed by atoms with van der Waals surface area (Å²) in [5.41, 5.74) is 0. The lowest BCUT2D eigenvalue weighted by molar-refractivity contribution is -0.121. The third kappa shape index (κ3) is 6.47. The van der Waals surface area contributed by atoms with Gasteiger partial charge >= 0.3 is 0 Å². The Bertz CT molecular complexity index is 193. The van der Waals surface area contributed by atoms with Gasteiger partial charge in [-0.1, -0.05) is 0 Å². The van der Waals surface area contributed by atoms with Crippen LogP contribution < -0.4 is 10.6 Å². The molecule has 88 valence electrons. The number of nitrogens with one attached hydrogen (secondary N) is 2. The van der Waals surface area contributed by atoms with Gasteiger partial charge in [0, 0.05) is 25.6 Å². The minimum Gasteiger partial charge on any atom is -0.383 e. The summed E-state index contributed by atoms with van der Waals surface area (Å²) >= 11 is 0. The zero-order valence-electron chi connectivity index (χ0n) is 9.71. The van der Waals surface area contributed by atoms with Crippen LogP contribution in [0.3, 0.4) is 0 Å². The molecule has 2 N–H and O–H groups in total. The molecule has 0 radical (unpaired) electrons. The van der Waals surface area contributed by atoms with Gasteiger partial charge in [-0.3, -0.25) is 4.79 Å². The summed E-state index contributed by atoms with van der Waals surface area (Å²) in [5.74, 6) is 0.193. The predicted molar refractivity (Wildman–Crippen MR) is 59.7 cm³/mol. The fourth-order valence-electron chi connectivity index (χ4n) is 1.43. The molecule has 1 unspecified atom stereocenters. The van der Waals surface area contributed by atoms with Gasteiger partial charge in [0.25, 0.3) is 0 Å². The van der Waals surface area contributed by atoms with Crippen molar-refractivity contribution in [3.05, 3.63) is 0 Å². The lowest BCUT2D eigenvalue weighted by Gasteiger charge is -2.12. The largest absolute Gasteiger partial charge is 0.383 e. The van der Waals surface area contributed by atoms with E-state index < -0.39 is 0 Å². The Hall–Kier alpha value is -0.610. The molecule has 0 spiro atoms. The highest BCUT2D eigenvalue weighted by Crippen LogP contribution is 2.18. The number of ether oxygens (including phenoxy) is 1. The van der Waals surface area contributed by atoms with E-state index in [9.17, 15) is 4.79 Å². The van der Waals surface area contributed by atoms with Crippen molar-refractivity contribution < 1.29 is 9.53 Å². The van der Waals surface area contributed by atoms with E-state index in [0.717, 1.165) is 25.8 Å². The highest BCUT2D eigenvalue weighted by atomic mass is 16.5. The van der Waals surface area contributed by atoms with E-state index in [0.29, 0.717) is 25.1 Å². The van der Waals surface area contributed by atoms with Gasteiger partial charge in [-0.15, -0.1) is 0 Å². The van der Waals surface area contributed by atoms with Crippen molar-refractivity contribution in [1.29, 1.82) is 0 Å². The van der Waals surface area contributed by atoms with Crippen molar-refractivity contribution in [1.82, 2.24) is 10.6 Å². The smallest absolute Gasteiger partial charge is 0.220 e. The number of carbonyl (C=O) groups is 1. The number of carbonyl (C=O) groups excluding carboxylic acids is 1. The molecule has 0 aromatic rings. The Morgan fingerprint density at radius 1 is 1.53 bits per heavy atom. The van der Waals surface area contributed by atoms with Crippen LogP contribution in [0.5, 0.6) is 0 Å². The van der Waals surface area contributed by atoms with Crippen LogP contribution >= 0.6 is 0 Å². The average Bonchev–Trinajstić information content (AvgIpc) is 2.97. The first-order valence-electron chi connectivity index (χ1n) is 5.74. The van der Waals surface area contributed by atoms with Crippen molar-refractivity contribution in [3.8, 4) is 0 Å². The maximum absolute atomic E-state index is 11.3. The summed E-state index contributed by atoms with van der Waals surface area (Å²) in [4.78, 5) is 11.3. The van der Waals surface area contributed by atoms with Gasteiger partial charge in [-0.05, 0) is 32.7 Å². The summed E-state index contributed by atoms with van der Waals surface area (Å²) < 4.78 is 5.00. The Morgan fingerprint density at radius 3 is 2.87 bits per heavy atom. The van der Waals surface area contributed by atoms with E-state index in [1.807, 2.05) is 0 Å². The van der Waals surface area contributed by atoms with Crippen molar-refractivity contribution in [3.63, 3.8) is 0 Å². The quantitative estimate of drug-likeness (QED) is 0.584. The Morgan fingerprint density at radius 2 is 2.27 bits per heavy atom. The number of rotatable bonds is 8. The van der Waals surface area contributed by atoms with E-state index in [2.05, 4.69) is 17.6 Å². The van der Waals surface area contributed by atoms with Crippen LogP contribution in [0.15, 0.2) is 0 Å². The van der Waals surface area contributed by atoms with Gasteiger partial charge in [0.15, 0.2) is 0 Å². The second-order valence-corrected chi connectivity index (χ2v) is 4.26. The van der Waals surface area contributed by atoms with Crippen LogP contribution in [-0.2, 0) is 9.53 Å². The van der Waals surface area contributed by atoms with Crippen LogP contribution in [0.1, 0.15) is 32.6 Å². The molecule has 4 heteroatoms. The van der Waals surface area contributed by atoms with E-state index in [4.69, 9.17) is 4.74 Å². The average molecular weight is 214 g/mol. The van der Waals surface area contributed by atoms with E-state index in [1.165, 1.54) is 0 Å². The summed E-state index contributed by atoms with van der Waals surface area (Å²) in [6.45, 7) is 3.67. The number of hydrogen-bond acceptors (Lipinski definition) is 3. The second kappa shape index (κ2) is 6.80. The van der Waals surface area contributed by atoms with Gasteiger partial charge in [0.1, 0.15) is 0 Å². The van der Waals surface area contributed by atoms with Gasteiger partial charge < -0.3 is 15.4 Å². The monoisotopic (exact) mass is 214 g/mol. The summed E-state index contributed by atoms with van der Waals surface area (Å²) in [6, 6.07) is 0.847. The first-order valence-corrected chi connectivity index (χ1v) is 5.74. The van der Waals surface area contributed by atoms with Crippen LogP contribution in [0, 0.1) is 0 Å². The maximum Gasteiger partial charge on any atom is 0.220 e. The van der Waals surface area contributed by atoms with Gasteiger partial charge in [-0.25, -0.2) is 0 Å². The molecule has 1 aliphatic rings. The molecule has 15 heavy (non-hydrogen) atoms. The zero-order valence-corrected chi connectivity index (χ0v) is 9.71. The third-order valence-corrected chi connectivity index (χ3v) is 2.43. The summed E-state index contributed by atoms with van der Waals surface area (Å²) in [5, 5.41) is 6.28. The van der Waals surface area contributed by atoms with Crippen LogP contribution in [0.2, 0.25) is 0 Å². The van der Waals surface area contributed by atoms with Crippen molar-refractivity contribution >= 4 is 5.91 Å². The number of methoxy groups -OCH3 is 1. The molecular weight excluding hydrogens is 192 g/mol. The highest BCUT2D eigenvalue weighted by molar-refractivity contribution is 5.76. The molecule has 1 atom stereocenters. The predicted octanol–water partition coefficient (Wildman–Crippen LogP) is 0.670. The van der Waals surface area contributed by atoms with Crippen LogP contribution in [-0.4, -0.2) is 38.3 Å². The highest BCUT2D eigenvalue weighted by Gasteiger charge is 2.22. The fraction of sp³-hybridized carbons (Fsp3) is 0.909. The molecule has 0 aromatic carbocycles. The van der Waals surface area contributed by atoms with Crippen LogP contribution in [0.25, 0.3) is 0 Å². The topological polar surface area (TPSA) is 50.4 Å². The molecule has 0 bridgehead atoms. The first kappa shape index (κ1) is 12.5. The lowest BCUT2D eigenvalue weighted by Crippen LogP contribution is -2.32. The molecule has 1 rings (SSSR count). The zero-order chi connectivity index (χ0) is 11.1. The van der Waals surface area contributed by atoms with E-state index >= 15 is 0 Å². The Kier molecular flexibility index (Phi) is 5.65. The lowest BCUT2D eigenvalue weighted by atomic mass is 10.2.